The second-order valence-electron chi connectivity index (χ2n) is 6.41. The van der Waals surface area contributed by atoms with Crippen molar-refractivity contribution in [2.45, 2.75) is 19.9 Å². The number of amides is 1. The van der Waals surface area contributed by atoms with E-state index in [1.807, 2.05) is 34.9 Å². The van der Waals surface area contributed by atoms with E-state index in [1.54, 1.807) is 18.5 Å². The van der Waals surface area contributed by atoms with Gasteiger partial charge in [0.25, 0.3) is 5.91 Å². The van der Waals surface area contributed by atoms with E-state index in [2.05, 4.69) is 27.4 Å². The summed E-state index contributed by atoms with van der Waals surface area (Å²) in [7, 11) is 0. The standard InChI is InChI=1S/C19H19N5O2/c1-13-9-10-24-12-20-23-18(24)15-6-4-8-17(21-15)22-19(25)14-5-2-3-7-16(14)26-11-13/h2-8,12-13H,9-11H2,1H3,(H,21,22,25)/t13-/m0/s1. The Morgan fingerprint density at radius 3 is 3.00 bits per heavy atom. The van der Waals surface area contributed by atoms with E-state index < -0.39 is 0 Å². The lowest BCUT2D eigenvalue weighted by Crippen LogP contribution is -2.18. The number of benzene rings is 1. The number of aromatic nitrogens is 4. The zero-order valence-electron chi connectivity index (χ0n) is 14.4. The Bertz CT molecular complexity index is 937. The number of anilines is 1. The topological polar surface area (TPSA) is 81.9 Å². The second kappa shape index (κ2) is 6.95. The molecule has 7 nitrogen and oxygen atoms in total. The van der Waals surface area contributed by atoms with E-state index in [9.17, 15) is 4.79 Å². The molecule has 3 aromatic rings. The number of ether oxygens (including phenoxy) is 1. The number of rotatable bonds is 0. The van der Waals surface area contributed by atoms with Gasteiger partial charge in [0.05, 0.1) is 12.2 Å². The third-order valence-corrected chi connectivity index (χ3v) is 4.35. The monoisotopic (exact) mass is 349 g/mol. The van der Waals surface area contributed by atoms with Crippen molar-refractivity contribution >= 4 is 11.7 Å². The summed E-state index contributed by atoms with van der Waals surface area (Å²) in [4.78, 5) is 17.2. The van der Waals surface area contributed by atoms with E-state index in [-0.39, 0.29) is 5.91 Å². The van der Waals surface area contributed by atoms with E-state index in [0.29, 0.717) is 41.2 Å². The van der Waals surface area contributed by atoms with Crippen LogP contribution in [0.1, 0.15) is 23.7 Å². The van der Waals surface area contributed by atoms with Gasteiger partial charge in [-0.3, -0.25) is 4.79 Å². The Balaban J connectivity index is 1.75. The summed E-state index contributed by atoms with van der Waals surface area (Å²) in [6.45, 7) is 3.43. The zero-order chi connectivity index (χ0) is 17.9. The van der Waals surface area contributed by atoms with Gasteiger partial charge in [0.2, 0.25) is 0 Å². The molecule has 0 spiro atoms. The van der Waals surface area contributed by atoms with Crippen LogP contribution in [0.15, 0.2) is 48.8 Å². The number of para-hydroxylation sites is 1. The lowest BCUT2D eigenvalue weighted by atomic mass is 10.1. The van der Waals surface area contributed by atoms with Gasteiger partial charge >= 0.3 is 0 Å². The SMILES string of the molecule is C[C@H]1CCn2cnnc2-c2cccc(n2)NC(=O)c2ccccc2OC1. The molecule has 26 heavy (non-hydrogen) atoms. The quantitative estimate of drug-likeness (QED) is 0.675. The molecular formula is C19H19N5O2. The molecule has 1 aliphatic rings. The van der Waals surface area contributed by atoms with Crippen LogP contribution in [-0.4, -0.2) is 32.3 Å². The summed E-state index contributed by atoms with van der Waals surface area (Å²) in [5.74, 6) is 1.78. The zero-order valence-corrected chi connectivity index (χ0v) is 14.4. The highest BCUT2D eigenvalue weighted by Crippen LogP contribution is 2.23. The lowest BCUT2D eigenvalue weighted by Gasteiger charge is -2.17. The molecule has 132 valence electrons. The predicted octanol–water partition coefficient (Wildman–Crippen LogP) is 3.01. The Morgan fingerprint density at radius 2 is 2.08 bits per heavy atom. The molecule has 1 aromatic carbocycles. The van der Waals surface area contributed by atoms with E-state index >= 15 is 0 Å². The van der Waals surface area contributed by atoms with Crippen LogP contribution < -0.4 is 10.1 Å². The highest BCUT2D eigenvalue weighted by molar-refractivity contribution is 6.05. The average molecular weight is 349 g/mol. The number of hydrogen-bond acceptors (Lipinski definition) is 5. The van der Waals surface area contributed by atoms with Crippen molar-refractivity contribution < 1.29 is 9.53 Å². The summed E-state index contributed by atoms with van der Waals surface area (Å²) >= 11 is 0. The maximum absolute atomic E-state index is 12.7. The van der Waals surface area contributed by atoms with Gasteiger partial charge in [0.1, 0.15) is 23.6 Å². The maximum atomic E-state index is 12.7. The smallest absolute Gasteiger partial charge is 0.260 e. The molecule has 1 atom stereocenters. The van der Waals surface area contributed by atoms with E-state index in [4.69, 9.17) is 4.74 Å². The van der Waals surface area contributed by atoms with Crippen molar-refractivity contribution in [3.63, 3.8) is 0 Å². The second-order valence-corrected chi connectivity index (χ2v) is 6.41. The van der Waals surface area contributed by atoms with Gasteiger partial charge in [0, 0.05) is 6.54 Å². The van der Waals surface area contributed by atoms with Gasteiger partial charge in [-0.15, -0.1) is 10.2 Å². The van der Waals surface area contributed by atoms with Crippen molar-refractivity contribution in [1.82, 2.24) is 19.7 Å². The molecule has 0 saturated carbocycles. The molecule has 2 aromatic heterocycles. The molecule has 7 heteroatoms. The van der Waals surface area contributed by atoms with Gasteiger partial charge in [0.15, 0.2) is 5.82 Å². The first-order chi connectivity index (χ1) is 12.7. The molecule has 1 N–H and O–H groups in total. The molecule has 0 radical (unpaired) electrons. The van der Waals surface area contributed by atoms with Crippen molar-refractivity contribution in [3.05, 3.63) is 54.4 Å². The molecule has 0 unspecified atom stereocenters. The minimum atomic E-state index is -0.253. The van der Waals surface area contributed by atoms with Gasteiger partial charge in [-0.25, -0.2) is 4.98 Å². The summed E-state index contributed by atoms with van der Waals surface area (Å²) in [5.41, 5.74) is 1.17. The van der Waals surface area contributed by atoms with E-state index in [0.717, 1.165) is 13.0 Å². The molecule has 3 heterocycles. The summed E-state index contributed by atoms with van der Waals surface area (Å²) in [6, 6.07) is 12.7. The molecule has 1 amide bonds. The molecule has 0 aliphatic carbocycles. The Morgan fingerprint density at radius 1 is 1.19 bits per heavy atom. The van der Waals surface area contributed by atoms with Crippen molar-refractivity contribution in [1.29, 1.82) is 0 Å². The fourth-order valence-electron chi connectivity index (χ4n) is 2.88. The molecule has 0 saturated heterocycles. The van der Waals surface area contributed by atoms with Gasteiger partial charge in [-0.2, -0.15) is 0 Å². The molecule has 2 bridgehead atoms. The van der Waals surface area contributed by atoms with Crippen LogP contribution in [0.3, 0.4) is 0 Å². The van der Waals surface area contributed by atoms with Crippen molar-refractivity contribution in [2.75, 3.05) is 11.9 Å². The van der Waals surface area contributed by atoms with Crippen LogP contribution in [0.2, 0.25) is 0 Å². The maximum Gasteiger partial charge on any atom is 0.260 e. The molecular weight excluding hydrogens is 330 g/mol. The highest BCUT2D eigenvalue weighted by Gasteiger charge is 2.17. The Labute approximate surface area is 151 Å². The number of hydrogen-bond donors (Lipinski definition) is 1. The van der Waals surface area contributed by atoms with Crippen LogP contribution in [0, 0.1) is 5.92 Å². The molecule has 4 rings (SSSR count). The largest absolute Gasteiger partial charge is 0.492 e. The number of carbonyl (C=O) groups excluding carboxylic acids is 1. The third-order valence-electron chi connectivity index (χ3n) is 4.35. The lowest BCUT2D eigenvalue weighted by molar-refractivity contribution is 0.102. The summed E-state index contributed by atoms with van der Waals surface area (Å²) < 4.78 is 7.89. The first kappa shape index (κ1) is 16.3. The minimum absolute atomic E-state index is 0.253. The van der Waals surface area contributed by atoms with E-state index in [1.165, 1.54) is 0 Å². The normalized spacial score (nSPS) is 17.3. The van der Waals surface area contributed by atoms with Gasteiger partial charge < -0.3 is 14.6 Å². The number of aryl methyl sites for hydroxylation is 1. The van der Waals surface area contributed by atoms with Gasteiger partial charge in [-0.05, 0) is 36.6 Å². The molecule has 0 fully saturated rings. The first-order valence-electron chi connectivity index (χ1n) is 8.59. The fourth-order valence-corrected chi connectivity index (χ4v) is 2.88. The highest BCUT2D eigenvalue weighted by atomic mass is 16.5. The molecule has 1 aliphatic heterocycles. The van der Waals surface area contributed by atoms with Crippen LogP contribution in [0.25, 0.3) is 11.5 Å². The van der Waals surface area contributed by atoms with Gasteiger partial charge in [-0.1, -0.05) is 25.1 Å². The van der Waals surface area contributed by atoms with Crippen LogP contribution in [0.4, 0.5) is 5.82 Å². The Hall–Kier alpha value is -3.22. The Kier molecular flexibility index (Phi) is 4.35. The van der Waals surface area contributed by atoms with Crippen molar-refractivity contribution in [3.8, 4) is 17.3 Å². The van der Waals surface area contributed by atoms with Crippen LogP contribution in [0.5, 0.6) is 5.75 Å². The van der Waals surface area contributed by atoms with Crippen molar-refractivity contribution in [2.24, 2.45) is 5.92 Å². The van der Waals surface area contributed by atoms with Crippen LogP contribution >= 0.6 is 0 Å². The summed E-state index contributed by atoms with van der Waals surface area (Å²) in [5, 5.41) is 11.0. The first-order valence-corrected chi connectivity index (χ1v) is 8.59. The number of nitrogens with zero attached hydrogens (tertiary/aromatic N) is 4. The number of nitrogens with one attached hydrogen (secondary N) is 1. The average Bonchev–Trinajstić information content (AvgIpc) is 3.13. The number of carbonyl (C=O) groups is 1. The number of fused-ring (bicyclic) bond motifs is 5. The van der Waals surface area contributed by atoms with Crippen LogP contribution in [-0.2, 0) is 6.54 Å². The number of pyridine rings is 1. The third kappa shape index (κ3) is 3.28. The summed E-state index contributed by atoms with van der Waals surface area (Å²) in [6.07, 6.45) is 2.61. The predicted molar refractivity (Wildman–Crippen MR) is 96.9 cm³/mol. The minimum Gasteiger partial charge on any atom is -0.492 e. The fraction of sp³-hybridized carbons (Fsp3) is 0.263.